The largest absolute Gasteiger partial charge is 0.320 e. The molecule has 130 valence electrons. The number of carbonyl (C=O) groups excluding carboxylic acids is 1. The molecule has 0 unspecified atom stereocenters. The predicted octanol–water partition coefficient (Wildman–Crippen LogP) is 4.74. The van der Waals surface area contributed by atoms with Gasteiger partial charge in [-0.15, -0.1) is 11.3 Å². The number of aromatic nitrogens is 2. The first-order valence-corrected chi connectivity index (χ1v) is 9.32. The highest BCUT2D eigenvalue weighted by molar-refractivity contribution is 7.11. The van der Waals surface area contributed by atoms with Crippen molar-refractivity contribution in [2.45, 2.75) is 20.3 Å². The third-order valence-corrected chi connectivity index (χ3v) is 5.32. The molecule has 3 heterocycles. The van der Waals surface area contributed by atoms with Crippen LogP contribution in [0.2, 0.25) is 5.02 Å². The number of thiazole rings is 1. The van der Waals surface area contributed by atoms with Crippen molar-refractivity contribution < 1.29 is 4.79 Å². The van der Waals surface area contributed by atoms with Crippen molar-refractivity contribution in [2.24, 2.45) is 4.99 Å². The molecule has 0 spiro atoms. The first kappa shape index (κ1) is 16.9. The number of fused-ring (bicyclic) bond motifs is 1. The third kappa shape index (κ3) is 3.25. The molecule has 1 N–H and O–H groups in total. The number of halogens is 1. The van der Waals surface area contributed by atoms with E-state index >= 15 is 0 Å². The molecule has 1 amide bonds. The summed E-state index contributed by atoms with van der Waals surface area (Å²) < 4.78 is 0. The van der Waals surface area contributed by atoms with E-state index in [-0.39, 0.29) is 5.91 Å². The second-order valence-electron chi connectivity index (χ2n) is 6.17. The molecule has 0 saturated carbocycles. The maximum absolute atomic E-state index is 12.3. The van der Waals surface area contributed by atoms with Crippen LogP contribution in [-0.4, -0.2) is 21.6 Å². The molecule has 2 aromatic heterocycles. The van der Waals surface area contributed by atoms with Gasteiger partial charge in [-0.3, -0.25) is 4.79 Å². The fourth-order valence-corrected chi connectivity index (χ4v) is 3.74. The van der Waals surface area contributed by atoms with Crippen molar-refractivity contribution in [3.8, 4) is 0 Å². The van der Waals surface area contributed by atoms with Gasteiger partial charge in [0, 0.05) is 45.5 Å². The number of benzene rings is 1. The molecule has 3 aromatic rings. The fraction of sp³-hybridized carbons (Fsp3) is 0.158. The summed E-state index contributed by atoms with van der Waals surface area (Å²) in [6.07, 6.45) is 2.48. The van der Waals surface area contributed by atoms with Gasteiger partial charge < -0.3 is 5.32 Å². The Bertz CT molecular complexity index is 1060. The van der Waals surface area contributed by atoms with E-state index in [2.05, 4.69) is 26.3 Å². The second-order valence-corrected chi connectivity index (χ2v) is 7.44. The van der Waals surface area contributed by atoms with Crippen LogP contribution in [0, 0.1) is 13.8 Å². The smallest absolute Gasteiger partial charge is 0.284 e. The minimum absolute atomic E-state index is 0.231. The minimum Gasteiger partial charge on any atom is -0.320 e. The number of anilines is 1. The van der Waals surface area contributed by atoms with E-state index in [9.17, 15) is 4.79 Å². The number of carbonyl (C=O) groups is 1. The van der Waals surface area contributed by atoms with Gasteiger partial charge >= 0.3 is 0 Å². The number of hydrogen-bond donors (Lipinski definition) is 1. The van der Waals surface area contributed by atoms with Crippen LogP contribution in [-0.2, 0) is 6.42 Å². The van der Waals surface area contributed by atoms with Gasteiger partial charge in [0.05, 0.1) is 5.71 Å². The zero-order chi connectivity index (χ0) is 18.3. The maximum Gasteiger partial charge on any atom is 0.284 e. The van der Waals surface area contributed by atoms with Crippen LogP contribution in [0.5, 0.6) is 0 Å². The average Bonchev–Trinajstić information content (AvgIpc) is 3.22. The Hall–Kier alpha value is -2.57. The lowest BCUT2D eigenvalue weighted by Gasteiger charge is -2.08. The number of pyridine rings is 1. The van der Waals surface area contributed by atoms with Crippen LogP contribution in [0.25, 0.3) is 0 Å². The SMILES string of the molecule is Cc1cnc2c(c1)CC(c1cc(NC(=O)c3nc(C)cs3)ccc1Cl)=N2. The van der Waals surface area contributed by atoms with Gasteiger partial charge in [-0.1, -0.05) is 17.7 Å². The van der Waals surface area contributed by atoms with E-state index in [1.807, 2.05) is 25.3 Å². The Kier molecular flexibility index (Phi) is 4.30. The molecule has 0 radical (unpaired) electrons. The predicted molar refractivity (Wildman–Crippen MR) is 105 cm³/mol. The van der Waals surface area contributed by atoms with E-state index in [1.165, 1.54) is 11.3 Å². The summed E-state index contributed by atoms with van der Waals surface area (Å²) in [5.74, 6) is 0.500. The summed E-state index contributed by atoms with van der Waals surface area (Å²) in [6, 6.07) is 7.47. The van der Waals surface area contributed by atoms with Crippen LogP contribution in [0.1, 0.15) is 32.2 Å². The Morgan fingerprint density at radius 2 is 2.12 bits per heavy atom. The first-order chi connectivity index (χ1) is 12.5. The lowest BCUT2D eigenvalue weighted by molar-refractivity contribution is 0.102. The Morgan fingerprint density at radius 1 is 1.27 bits per heavy atom. The van der Waals surface area contributed by atoms with E-state index in [1.54, 1.807) is 18.3 Å². The molecule has 0 fully saturated rings. The van der Waals surface area contributed by atoms with Crippen LogP contribution < -0.4 is 5.32 Å². The van der Waals surface area contributed by atoms with E-state index in [4.69, 9.17) is 11.6 Å². The zero-order valence-electron chi connectivity index (χ0n) is 14.2. The first-order valence-electron chi connectivity index (χ1n) is 8.06. The van der Waals surface area contributed by atoms with Crippen LogP contribution in [0.15, 0.2) is 40.8 Å². The number of aryl methyl sites for hydroxylation is 2. The molecule has 0 saturated heterocycles. The van der Waals surface area contributed by atoms with Crippen LogP contribution in [0.3, 0.4) is 0 Å². The molecule has 5 nitrogen and oxygen atoms in total. The summed E-state index contributed by atoms with van der Waals surface area (Å²) in [5, 5.41) is 5.75. The number of hydrogen-bond acceptors (Lipinski definition) is 5. The highest BCUT2D eigenvalue weighted by Crippen LogP contribution is 2.31. The van der Waals surface area contributed by atoms with Gasteiger partial charge in [-0.05, 0) is 37.6 Å². The summed E-state index contributed by atoms with van der Waals surface area (Å²) in [5.41, 5.74) is 5.33. The molecule has 26 heavy (non-hydrogen) atoms. The van der Waals surface area contributed by atoms with Crippen molar-refractivity contribution in [1.29, 1.82) is 0 Å². The van der Waals surface area contributed by atoms with Gasteiger partial charge in [-0.25, -0.2) is 15.0 Å². The van der Waals surface area contributed by atoms with Crippen LogP contribution in [0.4, 0.5) is 11.5 Å². The lowest BCUT2D eigenvalue weighted by atomic mass is 10.0. The van der Waals surface area contributed by atoms with Crippen molar-refractivity contribution in [3.63, 3.8) is 0 Å². The van der Waals surface area contributed by atoms with Crippen molar-refractivity contribution in [1.82, 2.24) is 9.97 Å². The van der Waals surface area contributed by atoms with Crippen LogP contribution >= 0.6 is 22.9 Å². The number of rotatable bonds is 3. The van der Waals surface area contributed by atoms with E-state index in [0.717, 1.165) is 33.9 Å². The molecule has 1 aromatic carbocycles. The zero-order valence-corrected chi connectivity index (χ0v) is 15.8. The van der Waals surface area contributed by atoms with Crippen molar-refractivity contribution >= 4 is 46.1 Å². The van der Waals surface area contributed by atoms with Gasteiger partial charge in [0.25, 0.3) is 5.91 Å². The standard InChI is InChI=1S/C19H15ClN4OS/c1-10-5-12-6-16(24-17(12)21-8-10)14-7-13(3-4-15(14)20)23-18(25)19-22-11(2)9-26-19/h3-5,7-9H,6H2,1-2H3,(H,23,25). The molecule has 7 heteroatoms. The molecular weight excluding hydrogens is 368 g/mol. The summed E-state index contributed by atoms with van der Waals surface area (Å²) in [6.45, 7) is 3.87. The van der Waals surface area contributed by atoms with Gasteiger partial charge in [0.1, 0.15) is 0 Å². The number of nitrogens with zero attached hydrogens (tertiary/aromatic N) is 3. The highest BCUT2D eigenvalue weighted by Gasteiger charge is 2.20. The summed E-state index contributed by atoms with van der Waals surface area (Å²) in [4.78, 5) is 25.5. The molecule has 0 atom stereocenters. The number of nitrogens with one attached hydrogen (secondary N) is 1. The quantitative estimate of drug-likeness (QED) is 0.711. The van der Waals surface area contributed by atoms with E-state index in [0.29, 0.717) is 22.1 Å². The Morgan fingerprint density at radius 3 is 2.88 bits per heavy atom. The van der Waals surface area contributed by atoms with E-state index < -0.39 is 0 Å². The molecule has 1 aliphatic rings. The Balaban J connectivity index is 1.60. The monoisotopic (exact) mass is 382 g/mol. The van der Waals surface area contributed by atoms with Gasteiger partial charge in [-0.2, -0.15) is 0 Å². The number of amides is 1. The minimum atomic E-state index is -0.231. The highest BCUT2D eigenvalue weighted by atomic mass is 35.5. The average molecular weight is 383 g/mol. The molecular formula is C19H15ClN4OS. The lowest BCUT2D eigenvalue weighted by Crippen LogP contribution is -2.12. The van der Waals surface area contributed by atoms with Crippen molar-refractivity contribution in [2.75, 3.05) is 5.32 Å². The van der Waals surface area contributed by atoms with Crippen molar-refractivity contribution in [3.05, 3.63) is 68.3 Å². The normalized spacial score (nSPS) is 12.7. The summed E-state index contributed by atoms with van der Waals surface area (Å²) >= 11 is 7.70. The second kappa shape index (κ2) is 6.63. The third-order valence-electron chi connectivity index (χ3n) is 4.03. The topological polar surface area (TPSA) is 67.2 Å². The maximum atomic E-state index is 12.3. The molecule has 0 bridgehead atoms. The molecule has 0 aliphatic carbocycles. The molecule has 4 rings (SSSR count). The summed E-state index contributed by atoms with van der Waals surface area (Å²) in [7, 11) is 0. The Labute approximate surface area is 159 Å². The number of aliphatic imine (C=N–C) groups is 1. The fourth-order valence-electron chi connectivity index (χ4n) is 2.82. The van der Waals surface area contributed by atoms with Gasteiger partial charge in [0.2, 0.25) is 0 Å². The van der Waals surface area contributed by atoms with Gasteiger partial charge in [0.15, 0.2) is 10.8 Å². The molecule has 1 aliphatic heterocycles.